The Hall–Kier alpha value is -1.35. The number of hydrogen-bond donors (Lipinski definition) is 2. The highest BCUT2D eigenvalue weighted by atomic mass is 16.4. The van der Waals surface area contributed by atoms with E-state index in [1.807, 2.05) is 26.0 Å². The van der Waals surface area contributed by atoms with Gasteiger partial charge in [0.2, 0.25) is 0 Å². The summed E-state index contributed by atoms with van der Waals surface area (Å²) in [6.45, 7) is 6.91. The van der Waals surface area contributed by atoms with Gasteiger partial charge in [-0.15, -0.1) is 0 Å². The molecule has 3 nitrogen and oxygen atoms in total. The molecule has 0 saturated carbocycles. The SMILES string of the molecule is Cc1ccc(C(C)(O)C(C)C(=O)O)c(C)c1. The zero-order valence-electron chi connectivity index (χ0n) is 10.1. The summed E-state index contributed by atoms with van der Waals surface area (Å²) in [4.78, 5) is 10.9. The molecule has 88 valence electrons. The first-order valence-corrected chi connectivity index (χ1v) is 5.29. The van der Waals surface area contributed by atoms with Gasteiger partial charge in [0.25, 0.3) is 0 Å². The topological polar surface area (TPSA) is 57.5 Å². The van der Waals surface area contributed by atoms with Gasteiger partial charge in [0, 0.05) is 0 Å². The van der Waals surface area contributed by atoms with Crippen LogP contribution in [0, 0.1) is 19.8 Å². The lowest BCUT2D eigenvalue weighted by Gasteiger charge is -2.29. The van der Waals surface area contributed by atoms with Crippen LogP contribution >= 0.6 is 0 Å². The molecule has 0 aliphatic carbocycles. The lowest BCUT2D eigenvalue weighted by molar-refractivity contribution is -0.150. The van der Waals surface area contributed by atoms with Crippen LogP contribution in [0.25, 0.3) is 0 Å². The number of hydrogen-bond acceptors (Lipinski definition) is 2. The van der Waals surface area contributed by atoms with Crippen molar-refractivity contribution in [2.24, 2.45) is 5.92 Å². The lowest BCUT2D eigenvalue weighted by Crippen LogP contribution is -2.35. The van der Waals surface area contributed by atoms with Crippen molar-refractivity contribution in [3.05, 3.63) is 34.9 Å². The standard InChI is InChI=1S/C13H18O3/c1-8-5-6-11(9(2)7-8)13(4,16)10(3)12(14)15/h5-7,10,16H,1-4H3,(H,14,15). The zero-order valence-corrected chi connectivity index (χ0v) is 10.1. The molecule has 0 saturated heterocycles. The summed E-state index contributed by atoms with van der Waals surface area (Å²) in [6.07, 6.45) is 0. The predicted molar refractivity (Wildman–Crippen MR) is 62.3 cm³/mol. The molecular formula is C13H18O3. The number of rotatable bonds is 3. The minimum atomic E-state index is -1.34. The quantitative estimate of drug-likeness (QED) is 0.824. The third kappa shape index (κ3) is 2.25. The van der Waals surface area contributed by atoms with Gasteiger partial charge in [0.15, 0.2) is 0 Å². The van der Waals surface area contributed by atoms with Gasteiger partial charge in [-0.25, -0.2) is 0 Å². The summed E-state index contributed by atoms with van der Waals surface area (Å²) in [7, 11) is 0. The maximum atomic E-state index is 10.9. The smallest absolute Gasteiger partial charge is 0.309 e. The van der Waals surface area contributed by atoms with Crippen LogP contribution in [0.15, 0.2) is 18.2 Å². The van der Waals surface area contributed by atoms with Crippen LogP contribution in [0.1, 0.15) is 30.5 Å². The first-order valence-electron chi connectivity index (χ1n) is 5.29. The molecular weight excluding hydrogens is 204 g/mol. The van der Waals surface area contributed by atoms with E-state index in [0.717, 1.165) is 11.1 Å². The van der Waals surface area contributed by atoms with Crippen LogP contribution in [-0.4, -0.2) is 16.2 Å². The van der Waals surface area contributed by atoms with Crippen molar-refractivity contribution >= 4 is 5.97 Å². The fraction of sp³-hybridized carbons (Fsp3) is 0.462. The molecule has 0 heterocycles. The normalized spacial score (nSPS) is 16.6. The van der Waals surface area contributed by atoms with Crippen molar-refractivity contribution in [2.45, 2.75) is 33.3 Å². The van der Waals surface area contributed by atoms with Crippen LogP contribution in [0.4, 0.5) is 0 Å². The molecule has 2 atom stereocenters. The van der Waals surface area contributed by atoms with E-state index in [0.29, 0.717) is 5.56 Å². The van der Waals surface area contributed by atoms with Gasteiger partial charge in [0.05, 0.1) is 5.92 Å². The van der Waals surface area contributed by atoms with Crippen LogP contribution in [0.3, 0.4) is 0 Å². The maximum Gasteiger partial charge on any atom is 0.309 e. The van der Waals surface area contributed by atoms with Gasteiger partial charge in [-0.1, -0.05) is 23.8 Å². The second-order valence-electron chi connectivity index (χ2n) is 4.53. The molecule has 0 fully saturated rings. The molecule has 1 aromatic carbocycles. The first kappa shape index (κ1) is 12.7. The summed E-state index contributed by atoms with van der Waals surface area (Å²) in [5.41, 5.74) is 1.34. The molecule has 0 aliphatic rings. The lowest BCUT2D eigenvalue weighted by atomic mass is 9.81. The highest BCUT2D eigenvalue weighted by Crippen LogP contribution is 2.31. The van der Waals surface area contributed by atoms with E-state index in [4.69, 9.17) is 5.11 Å². The molecule has 0 spiro atoms. The summed E-state index contributed by atoms with van der Waals surface area (Å²) < 4.78 is 0. The van der Waals surface area contributed by atoms with Crippen molar-refractivity contribution in [3.63, 3.8) is 0 Å². The fourth-order valence-electron chi connectivity index (χ4n) is 1.86. The van der Waals surface area contributed by atoms with Crippen LogP contribution in [0.2, 0.25) is 0 Å². The molecule has 2 unspecified atom stereocenters. The van der Waals surface area contributed by atoms with Gasteiger partial charge >= 0.3 is 5.97 Å². The summed E-state index contributed by atoms with van der Waals surface area (Å²) in [5, 5.41) is 19.3. The summed E-state index contributed by atoms with van der Waals surface area (Å²) in [6, 6.07) is 5.62. The molecule has 1 rings (SSSR count). The van der Waals surface area contributed by atoms with E-state index in [2.05, 4.69) is 0 Å². The van der Waals surface area contributed by atoms with Gasteiger partial charge in [-0.3, -0.25) is 4.79 Å². The maximum absolute atomic E-state index is 10.9. The van der Waals surface area contributed by atoms with E-state index in [-0.39, 0.29) is 0 Å². The third-order valence-electron chi connectivity index (χ3n) is 3.14. The molecule has 16 heavy (non-hydrogen) atoms. The molecule has 0 aromatic heterocycles. The van der Waals surface area contributed by atoms with Crippen molar-refractivity contribution in [2.75, 3.05) is 0 Å². The average Bonchev–Trinajstić information content (AvgIpc) is 2.15. The van der Waals surface area contributed by atoms with E-state index < -0.39 is 17.5 Å². The predicted octanol–water partition coefficient (Wildman–Crippen LogP) is 2.23. The third-order valence-corrected chi connectivity index (χ3v) is 3.14. The fourth-order valence-corrected chi connectivity index (χ4v) is 1.86. The summed E-state index contributed by atoms with van der Waals surface area (Å²) >= 11 is 0. The highest BCUT2D eigenvalue weighted by Gasteiger charge is 2.36. The average molecular weight is 222 g/mol. The molecule has 1 aromatic rings. The van der Waals surface area contributed by atoms with Crippen LogP contribution < -0.4 is 0 Å². The Balaban J connectivity index is 3.21. The molecule has 3 heteroatoms. The number of carboxylic acid groups (broad SMARTS) is 1. The highest BCUT2D eigenvalue weighted by molar-refractivity contribution is 5.71. The van der Waals surface area contributed by atoms with Crippen molar-refractivity contribution in [3.8, 4) is 0 Å². The van der Waals surface area contributed by atoms with E-state index >= 15 is 0 Å². The van der Waals surface area contributed by atoms with E-state index in [1.165, 1.54) is 6.92 Å². The Morgan fingerprint density at radius 1 is 1.38 bits per heavy atom. The Labute approximate surface area is 95.7 Å². The first-order chi connectivity index (χ1) is 7.26. The molecule has 2 N–H and O–H groups in total. The van der Waals surface area contributed by atoms with Crippen LogP contribution in [0.5, 0.6) is 0 Å². The number of aliphatic hydroxyl groups is 1. The van der Waals surface area contributed by atoms with Gasteiger partial charge in [0.1, 0.15) is 5.60 Å². The Morgan fingerprint density at radius 3 is 2.38 bits per heavy atom. The number of carbonyl (C=O) groups is 1. The molecule has 0 radical (unpaired) electrons. The Kier molecular flexibility index (Phi) is 3.38. The largest absolute Gasteiger partial charge is 0.481 e. The molecule has 0 amide bonds. The van der Waals surface area contributed by atoms with Crippen LogP contribution in [-0.2, 0) is 10.4 Å². The number of benzene rings is 1. The second-order valence-corrected chi connectivity index (χ2v) is 4.53. The zero-order chi connectivity index (χ0) is 12.5. The van der Waals surface area contributed by atoms with Gasteiger partial charge in [-0.2, -0.15) is 0 Å². The molecule has 0 bridgehead atoms. The van der Waals surface area contributed by atoms with Crippen molar-refractivity contribution in [1.82, 2.24) is 0 Å². The van der Waals surface area contributed by atoms with E-state index in [1.54, 1.807) is 13.0 Å². The van der Waals surface area contributed by atoms with Gasteiger partial charge in [-0.05, 0) is 38.8 Å². The monoisotopic (exact) mass is 222 g/mol. The number of carboxylic acids is 1. The minimum Gasteiger partial charge on any atom is -0.481 e. The van der Waals surface area contributed by atoms with Crippen molar-refractivity contribution in [1.29, 1.82) is 0 Å². The van der Waals surface area contributed by atoms with Crippen molar-refractivity contribution < 1.29 is 15.0 Å². The Bertz CT molecular complexity index is 408. The number of aryl methyl sites for hydroxylation is 2. The number of aliphatic carboxylic acids is 1. The Morgan fingerprint density at radius 2 is 1.94 bits per heavy atom. The second kappa shape index (κ2) is 4.26. The van der Waals surface area contributed by atoms with E-state index in [9.17, 15) is 9.90 Å². The minimum absolute atomic E-state index is 0.674. The molecule has 0 aliphatic heterocycles. The summed E-state index contributed by atoms with van der Waals surface area (Å²) in [5.74, 6) is -1.83. The van der Waals surface area contributed by atoms with Gasteiger partial charge < -0.3 is 10.2 Å².